The molecular weight excluding hydrogens is 490 g/mol. The van der Waals surface area contributed by atoms with Gasteiger partial charge in [-0.3, -0.25) is 14.9 Å². The third kappa shape index (κ3) is 3.87. The molecule has 5 N–H and O–H groups in total. The van der Waals surface area contributed by atoms with E-state index in [1.807, 2.05) is 0 Å². The lowest BCUT2D eigenvalue weighted by Gasteiger charge is -2.37. The largest absolute Gasteiger partial charge is 0.507 e. The molecule has 10 heteroatoms. The Morgan fingerprint density at radius 1 is 1.00 bits per heavy atom. The van der Waals surface area contributed by atoms with Gasteiger partial charge in [-0.15, -0.1) is 0 Å². The maximum absolute atomic E-state index is 13.1. The minimum absolute atomic E-state index is 0.0680. The maximum atomic E-state index is 13.1. The summed E-state index contributed by atoms with van der Waals surface area (Å²) >= 11 is 5.82. The Balaban J connectivity index is 1.44. The molecule has 3 aromatic carbocycles. The summed E-state index contributed by atoms with van der Waals surface area (Å²) in [4.78, 5) is 38.4. The van der Waals surface area contributed by atoms with Crippen LogP contribution in [0.15, 0.2) is 48.5 Å². The minimum Gasteiger partial charge on any atom is -0.507 e. The number of halogens is 1. The van der Waals surface area contributed by atoms with Crippen LogP contribution in [0.25, 0.3) is 0 Å². The number of carbonyl (C=O) groups excluding carboxylic acids is 3. The highest BCUT2D eigenvalue weighted by molar-refractivity contribution is 6.31. The number of aliphatic hydroxyl groups is 2. The Labute approximate surface area is 209 Å². The molecule has 0 fully saturated rings. The lowest BCUT2D eigenvalue weighted by atomic mass is 9.73. The van der Waals surface area contributed by atoms with E-state index in [0.717, 1.165) is 0 Å². The molecule has 0 saturated carbocycles. The molecule has 0 spiro atoms. The van der Waals surface area contributed by atoms with Gasteiger partial charge in [0, 0.05) is 45.8 Å². The molecule has 0 unspecified atom stereocenters. The molecule has 0 bridgehead atoms. The number of aromatic hydroxyl groups is 2. The number of rotatable bonds is 3. The summed E-state index contributed by atoms with van der Waals surface area (Å²) in [5.74, 6) is -2.57. The number of benzene rings is 3. The van der Waals surface area contributed by atoms with Gasteiger partial charge in [0.2, 0.25) is 0 Å². The zero-order valence-corrected chi connectivity index (χ0v) is 19.4. The molecule has 1 amide bonds. The summed E-state index contributed by atoms with van der Waals surface area (Å²) in [6.07, 6.45) is -3.11. The fourth-order valence-corrected chi connectivity index (χ4v) is 4.91. The Morgan fingerprint density at radius 3 is 2.19 bits per heavy atom. The third-order valence-corrected chi connectivity index (χ3v) is 6.69. The second kappa shape index (κ2) is 8.63. The number of ether oxygens (including phenoxy) is 1. The molecule has 0 saturated heterocycles. The number of aliphatic hydroxyl groups excluding tert-OH is 1. The number of fused-ring (bicyclic) bond motifs is 3. The summed E-state index contributed by atoms with van der Waals surface area (Å²) in [6.45, 7) is -0.560. The van der Waals surface area contributed by atoms with E-state index in [-0.39, 0.29) is 35.1 Å². The highest BCUT2D eigenvalue weighted by Crippen LogP contribution is 2.50. The molecule has 36 heavy (non-hydrogen) atoms. The minimum atomic E-state index is -1.83. The second-order valence-electron chi connectivity index (χ2n) is 8.87. The van der Waals surface area contributed by atoms with Gasteiger partial charge < -0.3 is 25.2 Å². The van der Waals surface area contributed by atoms with Crippen LogP contribution in [0.5, 0.6) is 11.5 Å². The summed E-state index contributed by atoms with van der Waals surface area (Å²) in [5, 5.41) is 46.8. The molecule has 0 heterocycles. The topological polar surface area (TPSA) is 153 Å². The van der Waals surface area contributed by atoms with Crippen molar-refractivity contribution >= 4 is 34.9 Å². The van der Waals surface area contributed by atoms with Gasteiger partial charge in [-0.2, -0.15) is 0 Å². The van der Waals surface area contributed by atoms with Crippen LogP contribution in [0.1, 0.15) is 55.5 Å². The normalized spacial score (nSPS) is 20.2. The first kappa shape index (κ1) is 23.8. The average molecular weight is 510 g/mol. The quantitative estimate of drug-likeness (QED) is 0.263. The molecule has 2 atom stereocenters. The Morgan fingerprint density at radius 2 is 1.58 bits per heavy atom. The van der Waals surface area contributed by atoms with Crippen molar-refractivity contribution in [2.75, 3.05) is 11.9 Å². The van der Waals surface area contributed by atoms with Gasteiger partial charge in [0.1, 0.15) is 23.7 Å². The van der Waals surface area contributed by atoms with Crippen molar-refractivity contribution in [3.05, 3.63) is 86.9 Å². The number of amides is 1. The van der Waals surface area contributed by atoms with Crippen LogP contribution in [-0.4, -0.2) is 50.3 Å². The highest BCUT2D eigenvalue weighted by Gasteiger charge is 2.45. The van der Waals surface area contributed by atoms with E-state index in [0.29, 0.717) is 10.7 Å². The Hall–Kier alpha value is -3.92. The molecule has 0 aromatic heterocycles. The van der Waals surface area contributed by atoms with E-state index in [4.69, 9.17) is 16.3 Å². The molecule has 9 nitrogen and oxygen atoms in total. The van der Waals surface area contributed by atoms with Crippen molar-refractivity contribution in [3.8, 4) is 11.5 Å². The Kier molecular flexibility index (Phi) is 5.71. The van der Waals surface area contributed by atoms with Gasteiger partial charge in [-0.25, -0.2) is 4.79 Å². The van der Waals surface area contributed by atoms with Crippen LogP contribution >= 0.6 is 11.6 Å². The van der Waals surface area contributed by atoms with Gasteiger partial charge in [-0.05, 0) is 24.3 Å². The summed E-state index contributed by atoms with van der Waals surface area (Å²) < 4.78 is 5.14. The van der Waals surface area contributed by atoms with Gasteiger partial charge in [0.25, 0.3) is 0 Å². The molecule has 184 valence electrons. The second-order valence-corrected chi connectivity index (χ2v) is 9.31. The number of hydrogen-bond acceptors (Lipinski definition) is 8. The number of carbonyl (C=O) groups is 3. The van der Waals surface area contributed by atoms with Crippen LogP contribution < -0.4 is 5.32 Å². The monoisotopic (exact) mass is 509 g/mol. The predicted octanol–water partition coefficient (Wildman–Crippen LogP) is 3.49. The smallest absolute Gasteiger partial charge is 0.411 e. The molecule has 0 aliphatic heterocycles. The predicted molar refractivity (Wildman–Crippen MR) is 128 cm³/mol. The van der Waals surface area contributed by atoms with Crippen molar-refractivity contribution in [2.24, 2.45) is 0 Å². The first-order valence-corrected chi connectivity index (χ1v) is 11.4. The van der Waals surface area contributed by atoms with Crippen LogP contribution in [0.4, 0.5) is 10.5 Å². The fourth-order valence-electron chi connectivity index (χ4n) is 4.78. The van der Waals surface area contributed by atoms with Crippen molar-refractivity contribution in [3.63, 3.8) is 0 Å². The highest BCUT2D eigenvalue weighted by atomic mass is 35.5. The third-order valence-electron chi connectivity index (χ3n) is 6.44. The fraction of sp³-hybridized carbons (Fsp3) is 0.192. The van der Waals surface area contributed by atoms with Crippen molar-refractivity contribution < 1.29 is 39.5 Å². The van der Waals surface area contributed by atoms with Crippen LogP contribution in [0.2, 0.25) is 5.02 Å². The van der Waals surface area contributed by atoms with Crippen molar-refractivity contribution in [1.29, 1.82) is 0 Å². The lowest BCUT2D eigenvalue weighted by Crippen LogP contribution is -2.43. The van der Waals surface area contributed by atoms with Gasteiger partial charge >= 0.3 is 6.09 Å². The zero-order chi connectivity index (χ0) is 25.8. The van der Waals surface area contributed by atoms with Crippen molar-refractivity contribution in [2.45, 2.75) is 24.5 Å². The molecule has 0 radical (unpaired) electrons. The Bertz CT molecular complexity index is 1430. The number of anilines is 1. The van der Waals surface area contributed by atoms with E-state index < -0.39 is 58.6 Å². The van der Waals surface area contributed by atoms with E-state index >= 15 is 0 Å². The number of hydrogen-bond donors (Lipinski definition) is 5. The molecule has 2 aliphatic carbocycles. The van der Waals surface area contributed by atoms with Gasteiger partial charge in [0.15, 0.2) is 11.6 Å². The van der Waals surface area contributed by atoms with Crippen molar-refractivity contribution in [1.82, 2.24) is 0 Å². The first-order chi connectivity index (χ1) is 17.1. The molecular formula is C26H20ClNO8. The SMILES string of the molecule is O=C(Nc1ccc(Cl)cc1)OC[C@]1(O)Cc2c(O)c3c(c(O)c2[C@@H](O)C1)C(=O)c1ccccc1C3=O. The number of phenolic OH excluding ortho intramolecular Hbond substituents is 2. The number of phenols is 2. The average Bonchev–Trinajstić information content (AvgIpc) is 2.84. The molecule has 2 aliphatic rings. The summed E-state index contributed by atoms with van der Waals surface area (Å²) in [6, 6.07) is 12.3. The lowest BCUT2D eigenvalue weighted by molar-refractivity contribution is -0.0613. The number of nitrogens with one attached hydrogen (secondary N) is 1. The molecule has 3 aromatic rings. The van der Waals surface area contributed by atoms with Gasteiger partial charge in [-0.1, -0.05) is 35.9 Å². The van der Waals surface area contributed by atoms with E-state index in [1.165, 1.54) is 12.1 Å². The van der Waals surface area contributed by atoms with E-state index in [1.54, 1.807) is 36.4 Å². The van der Waals surface area contributed by atoms with Crippen LogP contribution in [-0.2, 0) is 11.2 Å². The van der Waals surface area contributed by atoms with E-state index in [2.05, 4.69) is 5.32 Å². The summed E-state index contributed by atoms with van der Waals surface area (Å²) in [5.41, 5.74) is -2.32. The molecule has 5 rings (SSSR count). The standard InChI is InChI=1S/C26H20ClNO8/c27-12-5-7-13(8-6-12)28-25(34)36-11-26(35)9-16-18(17(29)10-26)24(33)20-19(23(16)32)21(30)14-3-1-2-4-15(14)22(20)31/h1-8,17,29,32-33,35H,9-11H2,(H,28,34)/t17-,26-/m0/s1. The maximum Gasteiger partial charge on any atom is 0.411 e. The van der Waals surface area contributed by atoms with Crippen LogP contribution in [0.3, 0.4) is 0 Å². The van der Waals surface area contributed by atoms with E-state index in [9.17, 15) is 34.8 Å². The number of ketones is 2. The van der Waals surface area contributed by atoms with Crippen LogP contribution in [0, 0.1) is 0 Å². The van der Waals surface area contributed by atoms with Gasteiger partial charge in [0.05, 0.1) is 17.2 Å². The zero-order valence-electron chi connectivity index (χ0n) is 18.6. The first-order valence-electron chi connectivity index (χ1n) is 11.0. The summed E-state index contributed by atoms with van der Waals surface area (Å²) in [7, 11) is 0.